The summed E-state index contributed by atoms with van der Waals surface area (Å²) in [5.41, 5.74) is 3.32. The van der Waals surface area contributed by atoms with Gasteiger partial charge in [0, 0.05) is 5.56 Å². The van der Waals surface area contributed by atoms with Crippen molar-refractivity contribution in [3.8, 4) is 28.4 Å². The smallest absolute Gasteiger partial charge is 0.354 e. The number of carbonyl (C=O) groups is 1. The van der Waals surface area contributed by atoms with Crippen molar-refractivity contribution in [2.24, 2.45) is 0 Å². The first-order valence-electron chi connectivity index (χ1n) is 8.84. The predicted octanol–water partition coefficient (Wildman–Crippen LogP) is 5.34. The molecule has 0 aliphatic carbocycles. The van der Waals surface area contributed by atoms with Gasteiger partial charge >= 0.3 is 5.97 Å². The molecule has 1 heterocycles. The van der Waals surface area contributed by atoms with E-state index >= 15 is 0 Å². The van der Waals surface area contributed by atoms with Gasteiger partial charge in [-0.3, -0.25) is 0 Å². The molecular formula is C23H18N2O3. The fourth-order valence-corrected chi connectivity index (χ4v) is 2.88. The quantitative estimate of drug-likeness (QED) is 0.515. The monoisotopic (exact) mass is 370 g/mol. The number of benzene rings is 3. The number of para-hydroxylation sites is 1. The maximum Gasteiger partial charge on any atom is 0.354 e. The van der Waals surface area contributed by atoms with Gasteiger partial charge in [-0.15, -0.1) is 0 Å². The van der Waals surface area contributed by atoms with Crippen LogP contribution in [0.1, 0.15) is 16.1 Å². The molecule has 1 aromatic heterocycles. The van der Waals surface area contributed by atoms with E-state index in [1.807, 2.05) is 85.8 Å². The summed E-state index contributed by atoms with van der Waals surface area (Å²) in [6.07, 6.45) is 0. The van der Waals surface area contributed by atoms with Gasteiger partial charge in [0.2, 0.25) is 0 Å². The molecule has 0 unspecified atom stereocenters. The zero-order chi connectivity index (χ0) is 19.5. The molecule has 0 amide bonds. The van der Waals surface area contributed by atoms with Gasteiger partial charge < -0.3 is 9.84 Å². The lowest BCUT2D eigenvalue weighted by Crippen LogP contribution is -2.07. The Morgan fingerprint density at radius 3 is 2.18 bits per heavy atom. The first-order valence-corrected chi connectivity index (χ1v) is 8.84. The summed E-state index contributed by atoms with van der Waals surface area (Å²) in [5.74, 6) is 0.432. The third-order valence-electron chi connectivity index (χ3n) is 4.34. The van der Waals surface area contributed by atoms with Crippen LogP contribution in [0.5, 0.6) is 11.5 Å². The van der Waals surface area contributed by atoms with Crippen molar-refractivity contribution in [2.45, 2.75) is 6.92 Å². The number of nitrogens with zero attached hydrogens (tertiary/aromatic N) is 2. The van der Waals surface area contributed by atoms with E-state index in [4.69, 9.17) is 4.74 Å². The number of hydrogen-bond donors (Lipinski definition) is 1. The first kappa shape index (κ1) is 17.5. The maximum atomic E-state index is 11.7. The van der Waals surface area contributed by atoms with Crippen LogP contribution in [0.25, 0.3) is 16.9 Å². The molecule has 0 radical (unpaired) electrons. The fraction of sp³-hybridized carbons (Fsp3) is 0.0435. The van der Waals surface area contributed by atoms with Crippen molar-refractivity contribution in [3.05, 3.63) is 96.2 Å². The highest BCUT2D eigenvalue weighted by Gasteiger charge is 2.16. The van der Waals surface area contributed by atoms with Gasteiger partial charge in [0.15, 0.2) is 5.69 Å². The standard InChI is InChI=1S/C23H18N2O3/c1-16-7-11-18(12-8-16)25-22(23(26)27)15-21(24-25)17-9-13-20(14-10-17)28-19-5-3-2-4-6-19/h2-15H,1H3,(H,26,27). The minimum Gasteiger partial charge on any atom is -0.477 e. The lowest BCUT2D eigenvalue weighted by Gasteiger charge is -2.06. The molecule has 0 spiro atoms. The Kier molecular flexibility index (Phi) is 4.64. The molecule has 0 bridgehead atoms. The Morgan fingerprint density at radius 1 is 0.893 bits per heavy atom. The van der Waals surface area contributed by atoms with E-state index in [2.05, 4.69) is 5.10 Å². The van der Waals surface area contributed by atoms with Crippen LogP contribution in [0.4, 0.5) is 0 Å². The number of carboxylic acid groups (broad SMARTS) is 1. The molecule has 0 aliphatic rings. The molecule has 0 aliphatic heterocycles. The molecule has 1 N–H and O–H groups in total. The van der Waals surface area contributed by atoms with Crippen LogP contribution < -0.4 is 4.74 Å². The Bertz CT molecular complexity index is 1100. The highest BCUT2D eigenvalue weighted by atomic mass is 16.5. The number of aryl methyl sites for hydroxylation is 1. The third kappa shape index (κ3) is 3.64. The number of hydrogen-bond acceptors (Lipinski definition) is 3. The molecule has 4 aromatic rings. The van der Waals surface area contributed by atoms with E-state index in [0.29, 0.717) is 17.1 Å². The fourth-order valence-electron chi connectivity index (χ4n) is 2.88. The molecule has 28 heavy (non-hydrogen) atoms. The number of carboxylic acids is 1. The van der Waals surface area contributed by atoms with Gasteiger partial charge in [0.1, 0.15) is 11.5 Å². The zero-order valence-corrected chi connectivity index (χ0v) is 15.2. The van der Waals surface area contributed by atoms with Crippen LogP contribution in [-0.2, 0) is 0 Å². The summed E-state index contributed by atoms with van der Waals surface area (Å²) in [6, 6.07) is 26.1. The number of aromatic nitrogens is 2. The minimum atomic E-state index is -1.02. The van der Waals surface area contributed by atoms with Gasteiger partial charge in [-0.1, -0.05) is 35.9 Å². The molecule has 138 valence electrons. The summed E-state index contributed by atoms with van der Waals surface area (Å²) in [7, 11) is 0. The zero-order valence-electron chi connectivity index (χ0n) is 15.2. The van der Waals surface area contributed by atoms with Crippen LogP contribution in [0.15, 0.2) is 84.9 Å². The summed E-state index contributed by atoms with van der Waals surface area (Å²) in [4.78, 5) is 11.7. The SMILES string of the molecule is Cc1ccc(-n2nc(-c3ccc(Oc4ccccc4)cc3)cc2C(=O)O)cc1. The molecule has 5 nitrogen and oxygen atoms in total. The van der Waals surface area contributed by atoms with Gasteiger partial charge in [0.05, 0.1) is 11.4 Å². The minimum absolute atomic E-state index is 0.114. The molecule has 5 heteroatoms. The molecular weight excluding hydrogens is 352 g/mol. The number of aromatic carboxylic acids is 1. The molecule has 0 saturated heterocycles. The number of rotatable bonds is 5. The first-order chi connectivity index (χ1) is 13.6. The van der Waals surface area contributed by atoms with Crippen LogP contribution in [0.3, 0.4) is 0 Å². The van der Waals surface area contributed by atoms with E-state index in [9.17, 15) is 9.90 Å². The van der Waals surface area contributed by atoms with E-state index < -0.39 is 5.97 Å². The van der Waals surface area contributed by atoms with Gasteiger partial charge in [-0.25, -0.2) is 9.48 Å². The lowest BCUT2D eigenvalue weighted by molar-refractivity contribution is 0.0687. The van der Waals surface area contributed by atoms with Gasteiger partial charge in [0.25, 0.3) is 0 Å². The van der Waals surface area contributed by atoms with E-state index in [1.54, 1.807) is 6.07 Å². The van der Waals surface area contributed by atoms with Crippen LogP contribution >= 0.6 is 0 Å². The molecule has 3 aromatic carbocycles. The van der Waals surface area contributed by atoms with Crippen molar-refractivity contribution >= 4 is 5.97 Å². The molecule has 0 atom stereocenters. The van der Waals surface area contributed by atoms with Crippen molar-refractivity contribution in [1.82, 2.24) is 9.78 Å². The molecule has 0 saturated carbocycles. The second-order valence-corrected chi connectivity index (χ2v) is 6.41. The number of ether oxygens (including phenoxy) is 1. The van der Waals surface area contributed by atoms with E-state index in [-0.39, 0.29) is 5.69 Å². The topological polar surface area (TPSA) is 64.4 Å². The van der Waals surface area contributed by atoms with Crippen LogP contribution in [0.2, 0.25) is 0 Å². The van der Waals surface area contributed by atoms with Crippen molar-refractivity contribution in [2.75, 3.05) is 0 Å². The third-order valence-corrected chi connectivity index (χ3v) is 4.34. The second kappa shape index (κ2) is 7.40. The average molecular weight is 370 g/mol. The Morgan fingerprint density at radius 2 is 1.54 bits per heavy atom. The summed E-state index contributed by atoms with van der Waals surface area (Å²) >= 11 is 0. The molecule has 0 fully saturated rings. The largest absolute Gasteiger partial charge is 0.477 e. The van der Waals surface area contributed by atoms with Crippen LogP contribution in [-0.4, -0.2) is 20.9 Å². The van der Waals surface area contributed by atoms with Gasteiger partial charge in [-0.2, -0.15) is 5.10 Å². The predicted molar refractivity (Wildman–Crippen MR) is 107 cm³/mol. The normalized spacial score (nSPS) is 10.6. The van der Waals surface area contributed by atoms with Crippen molar-refractivity contribution < 1.29 is 14.6 Å². The van der Waals surface area contributed by atoms with Crippen LogP contribution in [0, 0.1) is 6.92 Å². The Labute approximate surface area is 162 Å². The van der Waals surface area contributed by atoms with Crippen molar-refractivity contribution in [3.63, 3.8) is 0 Å². The molecule has 4 rings (SSSR count). The van der Waals surface area contributed by atoms with E-state index in [1.165, 1.54) is 4.68 Å². The van der Waals surface area contributed by atoms with Gasteiger partial charge in [-0.05, 0) is 61.5 Å². The summed E-state index contributed by atoms with van der Waals surface area (Å²) < 4.78 is 7.25. The maximum absolute atomic E-state index is 11.7. The second-order valence-electron chi connectivity index (χ2n) is 6.41. The Hall–Kier alpha value is -3.86. The average Bonchev–Trinajstić information content (AvgIpc) is 3.16. The van der Waals surface area contributed by atoms with Crippen molar-refractivity contribution in [1.29, 1.82) is 0 Å². The summed E-state index contributed by atoms with van der Waals surface area (Å²) in [5, 5.41) is 14.1. The Balaban J connectivity index is 1.64. The van der Waals surface area contributed by atoms with E-state index in [0.717, 1.165) is 16.9 Å². The highest BCUT2D eigenvalue weighted by molar-refractivity contribution is 5.88. The summed E-state index contributed by atoms with van der Waals surface area (Å²) in [6.45, 7) is 1.98. The lowest BCUT2D eigenvalue weighted by atomic mass is 10.1. The highest BCUT2D eigenvalue weighted by Crippen LogP contribution is 2.26.